The topological polar surface area (TPSA) is 34.1 Å². The maximum atomic E-state index is 6.00. The molecule has 0 aliphatic heterocycles. The number of nitrogens with one attached hydrogen (secondary N) is 1. The van der Waals surface area contributed by atoms with E-state index in [0.29, 0.717) is 16.9 Å². The molecule has 0 radical (unpaired) electrons. The summed E-state index contributed by atoms with van der Waals surface area (Å²) in [7, 11) is 0. The van der Waals surface area contributed by atoms with E-state index < -0.39 is 0 Å². The smallest absolute Gasteiger partial charge is 0.219 e. The van der Waals surface area contributed by atoms with E-state index in [1.807, 2.05) is 43.3 Å². The molecule has 2 aromatic rings. The van der Waals surface area contributed by atoms with Crippen molar-refractivity contribution in [2.24, 2.45) is 0 Å². The van der Waals surface area contributed by atoms with E-state index in [2.05, 4.69) is 10.3 Å². The van der Waals surface area contributed by atoms with Crippen molar-refractivity contribution >= 4 is 11.6 Å². The van der Waals surface area contributed by atoms with Gasteiger partial charge in [0.1, 0.15) is 5.75 Å². The Hall–Kier alpha value is -1.58. The van der Waals surface area contributed by atoms with Gasteiger partial charge in [-0.05, 0) is 43.5 Å². The van der Waals surface area contributed by atoms with Gasteiger partial charge >= 0.3 is 0 Å². The lowest BCUT2D eigenvalue weighted by Gasteiger charge is -2.09. The van der Waals surface area contributed by atoms with Crippen LogP contribution in [0, 0.1) is 6.92 Å². The van der Waals surface area contributed by atoms with E-state index in [-0.39, 0.29) is 0 Å². The fourth-order valence-electron chi connectivity index (χ4n) is 1.95. The van der Waals surface area contributed by atoms with Crippen molar-refractivity contribution in [2.75, 3.05) is 0 Å². The Morgan fingerprint density at radius 1 is 1.30 bits per heavy atom. The van der Waals surface area contributed by atoms with Crippen LogP contribution in [-0.4, -0.2) is 11.0 Å². The van der Waals surface area contributed by atoms with Crippen LogP contribution in [0.3, 0.4) is 0 Å². The van der Waals surface area contributed by atoms with Crippen molar-refractivity contribution in [1.82, 2.24) is 10.3 Å². The molecule has 3 nitrogen and oxygen atoms in total. The highest BCUT2D eigenvalue weighted by atomic mass is 35.5. The first-order valence-corrected chi connectivity index (χ1v) is 7.22. The van der Waals surface area contributed by atoms with Crippen LogP contribution >= 0.6 is 11.6 Å². The number of aromatic nitrogens is 1. The molecule has 0 saturated heterocycles. The molecule has 1 aromatic heterocycles. The second-order valence-electron chi connectivity index (χ2n) is 5.13. The normalized spacial score (nSPS) is 14.3. The Morgan fingerprint density at radius 2 is 2.15 bits per heavy atom. The van der Waals surface area contributed by atoms with Crippen molar-refractivity contribution in [2.45, 2.75) is 32.4 Å². The summed E-state index contributed by atoms with van der Waals surface area (Å²) in [6.07, 6.45) is 2.55. The molecular weight excluding hydrogens is 272 g/mol. The minimum Gasteiger partial charge on any atom is -0.439 e. The van der Waals surface area contributed by atoms with Gasteiger partial charge in [0.05, 0.1) is 5.69 Å². The summed E-state index contributed by atoms with van der Waals surface area (Å²) >= 11 is 6.00. The van der Waals surface area contributed by atoms with E-state index >= 15 is 0 Å². The molecule has 1 aliphatic rings. The van der Waals surface area contributed by atoms with E-state index in [4.69, 9.17) is 16.3 Å². The third kappa shape index (κ3) is 3.50. The van der Waals surface area contributed by atoms with Crippen molar-refractivity contribution in [3.8, 4) is 11.6 Å². The summed E-state index contributed by atoms with van der Waals surface area (Å²) in [6, 6.07) is 12.1. The number of rotatable bonds is 5. The second-order valence-corrected chi connectivity index (χ2v) is 5.57. The minimum absolute atomic E-state index is 0.602. The van der Waals surface area contributed by atoms with E-state index in [9.17, 15) is 0 Å². The number of pyridine rings is 1. The molecule has 1 fully saturated rings. The van der Waals surface area contributed by atoms with Crippen LogP contribution in [-0.2, 0) is 6.54 Å². The molecule has 0 amide bonds. The van der Waals surface area contributed by atoms with Gasteiger partial charge in [-0.15, -0.1) is 0 Å². The van der Waals surface area contributed by atoms with Crippen LogP contribution in [0.4, 0.5) is 0 Å². The lowest BCUT2D eigenvalue weighted by molar-refractivity contribution is 0.456. The number of hydrogen-bond donors (Lipinski definition) is 1. The third-order valence-electron chi connectivity index (χ3n) is 3.30. The van der Waals surface area contributed by atoms with Gasteiger partial charge in [-0.1, -0.05) is 23.7 Å². The summed E-state index contributed by atoms with van der Waals surface area (Å²) in [6.45, 7) is 2.78. The predicted octanol–water partition coefficient (Wildman–Crippen LogP) is 4.09. The molecule has 0 spiro atoms. The van der Waals surface area contributed by atoms with Crippen LogP contribution in [0.2, 0.25) is 5.02 Å². The van der Waals surface area contributed by atoms with Crippen molar-refractivity contribution in [3.63, 3.8) is 0 Å². The maximum Gasteiger partial charge on any atom is 0.219 e. The summed E-state index contributed by atoms with van der Waals surface area (Å²) in [4.78, 5) is 4.51. The molecule has 1 aliphatic carbocycles. The average molecular weight is 289 g/mol. The number of hydrogen-bond acceptors (Lipinski definition) is 3. The molecule has 0 atom stereocenters. The summed E-state index contributed by atoms with van der Waals surface area (Å²) in [5.74, 6) is 1.35. The first-order chi connectivity index (χ1) is 9.70. The van der Waals surface area contributed by atoms with Crippen LogP contribution in [0.25, 0.3) is 0 Å². The molecule has 1 aromatic carbocycles. The molecule has 1 heterocycles. The van der Waals surface area contributed by atoms with Gasteiger partial charge in [0.25, 0.3) is 0 Å². The molecule has 1 saturated carbocycles. The lowest BCUT2D eigenvalue weighted by atomic mass is 10.2. The molecule has 3 rings (SSSR count). The fraction of sp³-hybridized carbons (Fsp3) is 0.312. The minimum atomic E-state index is 0.602. The van der Waals surface area contributed by atoms with Crippen LogP contribution < -0.4 is 10.1 Å². The first kappa shape index (κ1) is 13.4. The molecule has 1 N–H and O–H groups in total. The van der Waals surface area contributed by atoms with Gasteiger partial charge in [0.15, 0.2) is 0 Å². The number of nitrogens with zero attached hydrogens (tertiary/aromatic N) is 1. The quantitative estimate of drug-likeness (QED) is 0.900. The highest BCUT2D eigenvalue weighted by molar-refractivity contribution is 6.30. The van der Waals surface area contributed by atoms with Gasteiger partial charge in [0.2, 0.25) is 5.88 Å². The molecule has 0 bridgehead atoms. The zero-order valence-electron chi connectivity index (χ0n) is 11.4. The maximum absolute atomic E-state index is 6.00. The zero-order chi connectivity index (χ0) is 13.9. The van der Waals surface area contributed by atoms with Crippen LogP contribution in [0.15, 0.2) is 36.4 Å². The molecule has 20 heavy (non-hydrogen) atoms. The molecular formula is C16H17ClN2O. The van der Waals surface area contributed by atoms with Gasteiger partial charge in [-0.25, -0.2) is 4.98 Å². The number of benzene rings is 1. The molecule has 104 valence electrons. The SMILES string of the molecule is Cc1ccc(Cl)cc1Oc1cccc(CNC2CC2)n1. The second kappa shape index (κ2) is 5.81. The lowest BCUT2D eigenvalue weighted by Crippen LogP contribution is -2.16. The van der Waals surface area contributed by atoms with Gasteiger partial charge in [-0.3, -0.25) is 0 Å². The zero-order valence-corrected chi connectivity index (χ0v) is 12.2. The average Bonchev–Trinajstić information content (AvgIpc) is 3.25. The fourth-order valence-corrected chi connectivity index (χ4v) is 2.11. The highest BCUT2D eigenvalue weighted by Crippen LogP contribution is 2.27. The Labute approximate surface area is 123 Å². The van der Waals surface area contributed by atoms with Crippen molar-refractivity contribution < 1.29 is 4.74 Å². The van der Waals surface area contributed by atoms with Crippen LogP contribution in [0.1, 0.15) is 24.1 Å². The van der Waals surface area contributed by atoms with Crippen molar-refractivity contribution in [3.05, 3.63) is 52.7 Å². The standard InChI is InChI=1S/C16H17ClN2O/c1-11-5-6-12(17)9-15(11)20-16-4-2-3-14(19-16)10-18-13-7-8-13/h2-6,9,13,18H,7-8,10H2,1H3. The molecule has 4 heteroatoms. The van der Waals surface area contributed by atoms with Crippen LogP contribution in [0.5, 0.6) is 11.6 Å². The summed E-state index contributed by atoms with van der Waals surface area (Å²) < 4.78 is 5.83. The Morgan fingerprint density at radius 3 is 2.95 bits per heavy atom. The van der Waals surface area contributed by atoms with E-state index in [1.165, 1.54) is 12.8 Å². The summed E-state index contributed by atoms with van der Waals surface area (Å²) in [5, 5.41) is 4.11. The van der Waals surface area contributed by atoms with Gasteiger partial charge in [0, 0.05) is 23.7 Å². The monoisotopic (exact) mass is 288 g/mol. The number of ether oxygens (including phenoxy) is 1. The van der Waals surface area contributed by atoms with Gasteiger partial charge in [-0.2, -0.15) is 0 Å². The predicted molar refractivity (Wildman–Crippen MR) is 80.4 cm³/mol. The van der Waals surface area contributed by atoms with Crippen molar-refractivity contribution in [1.29, 1.82) is 0 Å². The van der Waals surface area contributed by atoms with E-state index in [1.54, 1.807) is 0 Å². The first-order valence-electron chi connectivity index (χ1n) is 6.84. The van der Waals surface area contributed by atoms with Gasteiger partial charge < -0.3 is 10.1 Å². The Balaban J connectivity index is 1.72. The third-order valence-corrected chi connectivity index (χ3v) is 3.53. The Kier molecular flexibility index (Phi) is 3.90. The largest absolute Gasteiger partial charge is 0.439 e. The Bertz CT molecular complexity index is 611. The summed E-state index contributed by atoms with van der Waals surface area (Å²) in [5.41, 5.74) is 2.03. The molecule has 0 unspecified atom stereocenters. The van der Waals surface area contributed by atoms with E-state index in [0.717, 1.165) is 23.6 Å². The number of halogens is 1. The number of aryl methyl sites for hydroxylation is 1. The highest BCUT2D eigenvalue weighted by Gasteiger charge is 2.20.